The topological polar surface area (TPSA) is 38.7 Å². The van der Waals surface area contributed by atoms with Crippen molar-refractivity contribution in [3.8, 4) is 22.6 Å². The van der Waals surface area contributed by atoms with Crippen molar-refractivity contribution in [2.75, 3.05) is 7.11 Å². The molecule has 0 fully saturated rings. The summed E-state index contributed by atoms with van der Waals surface area (Å²) < 4.78 is 11.8. The number of methoxy groups -OCH3 is 1. The van der Waals surface area contributed by atoms with Crippen LogP contribution in [0.4, 0.5) is 0 Å². The molecule has 0 spiro atoms. The van der Waals surface area contributed by atoms with Crippen LogP contribution in [0.15, 0.2) is 103 Å². The third-order valence-electron chi connectivity index (χ3n) is 5.48. The normalized spacial score (nSPS) is 12.7. The molecule has 4 rings (SSSR count). The van der Waals surface area contributed by atoms with Gasteiger partial charge in [-0.15, -0.1) is 0 Å². The zero-order valence-electron chi connectivity index (χ0n) is 17.8. The summed E-state index contributed by atoms with van der Waals surface area (Å²) in [5.41, 5.74) is 3.22. The van der Waals surface area contributed by atoms with Crippen LogP contribution in [0.1, 0.15) is 23.6 Å². The first kappa shape index (κ1) is 20.7. The van der Waals surface area contributed by atoms with Crippen LogP contribution in [0.3, 0.4) is 0 Å². The van der Waals surface area contributed by atoms with Crippen molar-refractivity contribution < 1.29 is 14.6 Å². The standard InChI is InChI=1S/C28H26O3/c1-28(29,23-15-9-16-24(19-23)30-2)26-18-10-17-25(22-13-7-4-8-14-22)27(26)31-20-21-11-5-3-6-12-21/h3-19,29H,20H2,1-2H3. The Morgan fingerprint density at radius 1 is 0.774 bits per heavy atom. The molecule has 0 heterocycles. The molecule has 1 atom stereocenters. The molecule has 0 saturated carbocycles. The van der Waals surface area contributed by atoms with E-state index in [-0.39, 0.29) is 0 Å². The highest BCUT2D eigenvalue weighted by Gasteiger charge is 2.31. The van der Waals surface area contributed by atoms with Gasteiger partial charge in [0.15, 0.2) is 0 Å². The number of hydrogen-bond donors (Lipinski definition) is 1. The van der Waals surface area contributed by atoms with E-state index in [0.717, 1.165) is 22.3 Å². The highest BCUT2D eigenvalue weighted by atomic mass is 16.5. The average molecular weight is 411 g/mol. The Morgan fingerprint density at radius 3 is 2.16 bits per heavy atom. The summed E-state index contributed by atoms with van der Waals surface area (Å²) in [6.45, 7) is 2.20. The van der Waals surface area contributed by atoms with E-state index in [4.69, 9.17) is 9.47 Å². The maximum atomic E-state index is 11.7. The van der Waals surface area contributed by atoms with E-state index < -0.39 is 5.60 Å². The Hall–Kier alpha value is -3.56. The van der Waals surface area contributed by atoms with E-state index in [1.807, 2.05) is 91.0 Å². The van der Waals surface area contributed by atoms with Crippen molar-refractivity contribution >= 4 is 0 Å². The van der Waals surface area contributed by atoms with E-state index in [0.29, 0.717) is 23.7 Å². The lowest BCUT2D eigenvalue weighted by atomic mass is 9.85. The summed E-state index contributed by atoms with van der Waals surface area (Å²) in [4.78, 5) is 0. The van der Waals surface area contributed by atoms with Gasteiger partial charge in [-0.05, 0) is 35.7 Å². The van der Waals surface area contributed by atoms with Crippen LogP contribution in [0.5, 0.6) is 11.5 Å². The summed E-state index contributed by atoms with van der Waals surface area (Å²) >= 11 is 0. The predicted octanol–water partition coefficient (Wildman–Crippen LogP) is 6.20. The van der Waals surface area contributed by atoms with Crippen LogP contribution < -0.4 is 9.47 Å². The van der Waals surface area contributed by atoms with Crippen LogP contribution >= 0.6 is 0 Å². The lowest BCUT2D eigenvalue weighted by Crippen LogP contribution is -2.24. The molecule has 0 bridgehead atoms. The van der Waals surface area contributed by atoms with Gasteiger partial charge in [0.2, 0.25) is 0 Å². The molecule has 31 heavy (non-hydrogen) atoms. The van der Waals surface area contributed by atoms with Gasteiger partial charge >= 0.3 is 0 Å². The van der Waals surface area contributed by atoms with Crippen LogP contribution in [0, 0.1) is 0 Å². The van der Waals surface area contributed by atoms with Gasteiger partial charge in [-0.1, -0.05) is 91.0 Å². The number of hydrogen-bond acceptors (Lipinski definition) is 3. The zero-order chi connectivity index (χ0) is 21.7. The molecule has 0 amide bonds. The summed E-state index contributed by atoms with van der Waals surface area (Å²) in [5, 5.41) is 11.7. The lowest BCUT2D eigenvalue weighted by Gasteiger charge is -2.28. The van der Waals surface area contributed by atoms with Gasteiger partial charge in [-0.3, -0.25) is 0 Å². The number of aliphatic hydroxyl groups is 1. The molecule has 0 saturated heterocycles. The monoisotopic (exact) mass is 410 g/mol. The summed E-state index contributed by atoms with van der Waals surface area (Å²) in [7, 11) is 1.62. The second-order valence-electron chi connectivity index (χ2n) is 7.63. The van der Waals surface area contributed by atoms with E-state index in [1.165, 1.54) is 0 Å². The quantitative estimate of drug-likeness (QED) is 0.394. The van der Waals surface area contributed by atoms with Crippen molar-refractivity contribution in [1.29, 1.82) is 0 Å². The zero-order valence-corrected chi connectivity index (χ0v) is 17.8. The van der Waals surface area contributed by atoms with E-state index in [2.05, 4.69) is 12.1 Å². The first-order chi connectivity index (χ1) is 15.1. The maximum absolute atomic E-state index is 11.7. The van der Waals surface area contributed by atoms with Crippen LogP contribution in [-0.2, 0) is 12.2 Å². The number of para-hydroxylation sites is 1. The van der Waals surface area contributed by atoms with E-state index >= 15 is 0 Å². The smallest absolute Gasteiger partial charge is 0.134 e. The Kier molecular flexibility index (Phi) is 6.06. The Morgan fingerprint density at radius 2 is 1.45 bits per heavy atom. The minimum absolute atomic E-state index is 0.409. The molecule has 156 valence electrons. The van der Waals surface area contributed by atoms with Gasteiger partial charge in [0.25, 0.3) is 0 Å². The minimum Gasteiger partial charge on any atom is -0.497 e. The summed E-state index contributed by atoms with van der Waals surface area (Å²) in [6, 6.07) is 33.6. The Balaban J connectivity index is 1.82. The van der Waals surface area contributed by atoms with Gasteiger partial charge in [-0.25, -0.2) is 0 Å². The molecule has 3 nitrogen and oxygen atoms in total. The fourth-order valence-corrected chi connectivity index (χ4v) is 3.73. The molecule has 3 heteroatoms. The van der Waals surface area contributed by atoms with Gasteiger partial charge < -0.3 is 14.6 Å². The van der Waals surface area contributed by atoms with Gasteiger partial charge in [0.05, 0.1) is 7.11 Å². The molecule has 0 aromatic heterocycles. The van der Waals surface area contributed by atoms with Crippen LogP contribution in [0.2, 0.25) is 0 Å². The molecule has 0 aliphatic carbocycles. The predicted molar refractivity (Wildman–Crippen MR) is 124 cm³/mol. The molecular formula is C28H26O3. The SMILES string of the molecule is COc1cccc(C(C)(O)c2cccc(-c3ccccc3)c2OCc2ccccc2)c1. The van der Waals surface area contributed by atoms with Crippen LogP contribution in [-0.4, -0.2) is 12.2 Å². The molecule has 0 radical (unpaired) electrons. The molecule has 4 aromatic carbocycles. The van der Waals surface area contributed by atoms with Crippen molar-refractivity contribution in [3.63, 3.8) is 0 Å². The number of benzene rings is 4. The fraction of sp³-hybridized carbons (Fsp3) is 0.143. The number of ether oxygens (including phenoxy) is 2. The molecule has 1 unspecified atom stereocenters. The summed E-state index contributed by atoms with van der Waals surface area (Å²) in [6.07, 6.45) is 0. The highest BCUT2D eigenvalue weighted by Crippen LogP contribution is 2.42. The maximum Gasteiger partial charge on any atom is 0.134 e. The lowest BCUT2D eigenvalue weighted by molar-refractivity contribution is 0.0972. The first-order valence-corrected chi connectivity index (χ1v) is 10.3. The molecule has 1 N–H and O–H groups in total. The van der Waals surface area contributed by atoms with E-state index in [9.17, 15) is 5.11 Å². The number of rotatable bonds is 7. The minimum atomic E-state index is -1.27. The fourth-order valence-electron chi connectivity index (χ4n) is 3.73. The third-order valence-corrected chi connectivity index (χ3v) is 5.48. The van der Waals surface area contributed by atoms with Gasteiger partial charge in [-0.2, -0.15) is 0 Å². The van der Waals surface area contributed by atoms with Gasteiger partial charge in [0.1, 0.15) is 23.7 Å². The van der Waals surface area contributed by atoms with Crippen molar-refractivity contribution in [2.24, 2.45) is 0 Å². The Bertz CT molecular complexity index is 1140. The largest absolute Gasteiger partial charge is 0.497 e. The van der Waals surface area contributed by atoms with Crippen molar-refractivity contribution in [3.05, 3.63) is 120 Å². The summed E-state index contributed by atoms with van der Waals surface area (Å²) in [5.74, 6) is 1.37. The Labute approximate surface area is 183 Å². The van der Waals surface area contributed by atoms with Crippen LogP contribution in [0.25, 0.3) is 11.1 Å². The second-order valence-corrected chi connectivity index (χ2v) is 7.63. The third kappa shape index (κ3) is 4.47. The second kappa shape index (κ2) is 9.07. The molecule has 4 aromatic rings. The van der Waals surface area contributed by atoms with Crippen molar-refractivity contribution in [1.82, 2.24) is 0 Å². The van der Waals surface area contributed by atoms with Gasteiger partial charge in [0, 0.05) is 11.1 Å². The average Bonchev–Trinajstić information content (AvgIpc) is 2.83. The van der Waals surface area contributed by atoms with E-state index in [1.54, 1.807) is 14.0 Å². The molecular weight excluding hydrogens is 384 g/mol. The highest BCUT2D eigenvalue weighted by molar-refractivity contribution is 5.73. The first-order valence-electron chi connectivity index (χ1n) is 10.3. The molecule has 0 aliphatic rings. The molecule has 0 aliphatic heterocycles. The van der Waals surface area contributed by atoms with Crippen molar-refractivity contribution in [2.45, 2.75) is 19.1 Å².